The highest BCUT2D eigenvalue weighted by Gasteiger charge is 2.01. The average Bonchev–Trinajstić information content (AvgIpc) is 2.78. The molecule has 0 aliphatic rings. The van der Waals surface area contributed by atoms with E-state index in [1.54, 1.807) is 18.2 Å². The Hall–Kier alpha value is -3.91. The Bertz CT molecular complexity index is 1130. The summed E-state index contributed by atoms with van der Waals surface area (Å²) in [7, 11) is 0. The highest BCUT2D eigenvalue weighted by molar-refractivity contribution is 5.88. The summed E-state index contributed by atoms with van der Waals surface area (Å²) in [4.78, 5) is 12.1. The molecule has 154 valence electrons. The number of esters is 1. The Morgan fingerprint density at radius 2 is 1.03 bits per heavy atom. The van der Waals surface area contributed by atoms with Crippen LogP contribution < -0.4 is 4.74 Å². The quantitative estimate of drug-likeness (QED) is 0.175. The standard InChI is InChI=1S/C29H26O2/c1-21(2)26-14-7-23(8-15-26)5-6-24-11-18-28(19-12-24)31-29(30)20-13-25-9-16-27(17-10-25)22(3)4/h5-20H,1,3H2,2,4H3/b6-5?,20-13+. The van der Waals surface area contributed by atoms with E-state index in [2.05, 4.69) is 37.4 Å². The number of carbonyl (C=O) groups excluding carboxylic acids is 1. The number of carbonyl (C=O) groups is 1. The van der Waals surface area contributed by atoms with Crippen molar-refractivity contribution in [2.24, 2.45) is 0 Å². The number of allylic oxidation sites excluding steroid dienone is 2. The molecule has 0 saturated heterocycles. The molecule has 0 heterocycles. The van der Waals surface area contributed by atoms with Gasteiger partial charge < -0.3 is 4.74 Å². The zero-order valence-corrected chi connectivity index (χ0v) is 18.0. The Morgan fingerprint density at radius 1 is 0.645 bits per heavy atom. The van der Waals surface area contributed by atoms with E-state index in [1.165, 1.54) is 6.08 Å². The van der Waals surface area contributed by atoms with Gasteiger partial charge in [-0.3, -0.25) is 0 Å². The minimum Gasteiger partial charge on any atom is -0.423 e. The van der Waals surface area contributed by atoms with Crippen LogP contribution in [0.1, 0.15) is 41.7 Å². The molecular weight excluding hydrogens is 380 g/mol. The van der Waals surface area contributed by atoms with Gasteiger partial charge >= 0.3 is 5.97 Å². The van der Waals surface area contributed by atoms with Crippen LogP contribution in [-0.4, -0.2) is 5.97 Å². The van der Waals surface area contributed by atoms with Crippen LogP contribution in [0.4, 0.5) is 0 Å². The normalized spacial score (nSPS) is 11.0. The van der Waals surface area contributed by atoms with Crippen molar-refractivity contribution < 1.29 is 9.53 Å². The summed E-state index contributed by atoms with van der Waals surface area (Å²) in [5.41, 5.74) is 7.35. The van der Waals surface area contributed by atoms with Gasteiger partial charge in [0.15, 0.2) is 0 Å². The SMILES string of the molecule is C=C(C)c1ccc(C=Cc2ccc(OC(=O)/C=C/c3ccc(C(=C)C)cc3)cc2)cc1. The molecule has 0 bridgehead atoms. The van der Waals surface area contributed by atoms with Gasteiger partial charge in [-0.05, 0) is 59.9 Å². The molecule has 0 unspecified atom stereocenters. The van der Waals surface area contributed by atoms with Crippen LogP contribution in [0, 0.1) is 0 Å². The maximum Gasteiger partial charge on any atom is 0.336 e. The van der Waals surface area contributed by atoms with Gasteiger partial charge in [-0.2, -0.15) is 0 Å². The van der Waals surface area contributed by atoms with E-state index in [1.807, 2.05) is 62.4 Å². The molecule has 0 amide bonds. The van der Waals surface area contributed by atoms with E-state index in [4.69, 9.17) is 4.74 Å². The molecule has 0 radical (unpaired) electrons. The fraction of sp³-hybridized carbons (Fsp3) is 0.0690. The van der Waals surface area contributed by atoms with Gasteiger partial charge in [0.2, 0.25) is 0 Å². The lowest BCUT2D eigenvalue weighted by molar-refractivity contribution is -0.128. The second-order valence-electron chi connectivity index (χ2n) is 7.46. The Morgan fingerprint density at radius 3 is 1.45 bits per heavy atom. The molecule has 0 aromatic heterocycles. The van der Waals surface area contributed by atoms with Crippen LogP contribution in [-0.2, 0) is 4.79 Å². The fourth-order valence-electron chi connectivity index (χ4n) is 2.91. The summed E-state index contributed by atoms with van der Waals surface area (Å²) in [6.45, 7) is 11.8. The lowest BCUT2D eigenvalue weighted by Gasteiger charge is -2.03. The van der Waals surface area contributed by atoms with E-state index in [0.29, 0.717) is 5.75 Å². The molecular formula is C29H26O2. The van der Waals surface area contributed by atoms with Crippen molar-refractivity contribution in [3.63, 3.8) is 0 Å². The third kappa shape index (κ3) is 6.55. The number of rotatable bonds is 7. The zero-order valence-electron chi connectivity index (χ0n) is 18.0. The molecule has 3 aromatic carbocycles. The van der Waals surface area contributed by atoms with Crippen LogP contribution in [0.15, 0.2) is 92.0 Å². The highest BCUT2D eigenvalue weighted by Crippen LogP contribution is 2.17. The molecule has 3 aromatic rings. The van der Waals surface area contributed by atoms with E-state index < -0.39 is 5.97 Å². The van der Waals surface area contributed by atoms with Gasteiger partial charge in [-0.1, -0.05) is 97.1 Å². The van der Waals surface area contributed by atoms with Gasteiger partial charge in [0.1, 0.15) is 5.75 Å². The third-order valence-corrected chi connectivity index (χ3v) is 4.79. The van der Waals surface area contributed by atoms with Crippen LogP contribution >= 0.6 is 0 Å². The molecule has 2 heteroatoms. The molecule has 0 spiro atoms. The largest absolute Gasteiger partial charge is 0.423 e. The third-order valence-electron chi connectivity index (χ3n) is 4.79. The molecule has 0 N–H and O–H groups in total. The smallest absolute Gasteiger partial charge is 0.336 e. The molecule has 0 atom stereocenters. The van der Waals surface area contributed by atoms with Crippen molar-refractivity contribution in [3.8, 4) is 5.75 Å². The van der Waals surface area contributed by atoms with E-state index in [-0.39, 0.29) is 0 Å². The van der Waals surface area contributed by atoms with Crippen LogP contribution in [0.25, 0.3) is 29.4 Å². The van der Waals surface area contributed by atoms with Gasteiger partial charge in [0, 0.05) is 6.08 Å². The maximum absolute atomic E-state index is 12.1. The predicted octanol–water partition coefficient (Wildman–Crippen LogP) is 7.54. The first-order valence-corrected chi connectivity index (χ1v) is 10.1. The number of ether oxygens (including phenoxy) is 1. The summed E-state index contributed by atoms with van der Waals surface area (Å²) < 4.78 is 5.38. The molecule has 3 rings (SSSR count). The average molecular weight is 407 g/mol. The van der Waals surface area contributed by atoms with Gasteiger partial charge in [-0.15, -0.1) is 0 Å². The van der Waals surface area contributed by atoms with Crippen molar-refractivity contribution in [2.75, 3.05) is 0 Å². The van der Waals surface area contributed by atoms with E-state index in [0.717, 1.165) is 39.0 Å². The Balaban J connectivity index is 1.56. The second-order valence-corrected chi connectivity index (χ2v) is 7.46. The van der Waals surface area contributed by atoms with E-state index >= 15 is 0 Å². The summed E-state index contributed by atoms with van der Waals surface area (Å²) in [6.07, 6.45) is 7.24. The fourth-order valence-corrected chi connectivity index (χ4v) is 2.91. The molecule has 0 aliphatic heterocycles. The Kier molecular flexibility index (Phi) is 7.18. The van der Waals surface area contributed by atoms with Crippen molar-refractivity contribution in [1.29, 1.82) is 0 Å². The number of hydrogen-bond donors (Lipinski definition) is 0. The molecule has 0 fully saturated rings. The van der Waals surface area contributed by atoms with E-state index in [9.17, 15) is 4.79 Å². The summed E-state index contributed by atoms with van der Waals surface area (Å²) in [5.74, 6) is 0.0973. The van der Waals surface area contributed by atoms with Crippen LogP contribution in [0.3, 0.4) is 0 Å². The predicted molar refractivity (Wildman–Crippen MR) is 132 cm³/mol. The topological polar surface area (TPSA) is 26.3 Å². The van der Waals surface area contributed by atoms with Gasteiger partial charge in [-0.25, -0.2) is 4.79 Å². The molecule has 2 nitrogen and oxygen atoms in total. The first-order chi connectivity index (χ1) is 14.9. The summed E-state index contributed by atoms with van der Waals surface area (Å²) in [5, 5.41) is 0. The minimum atomic E-state index is -0.412. The van der Waals surface area contributed by atoms with Crippen molar-refractivity contribution >= 4 is 35.3 Å². The minimum absolute atomic E-state index is 0.412. The van der Waals surface area contributed by atoms with Crippen molar-refractivity contribution in [2.45, 2.75) is 13.8 Å². The van der Waals surface area contributed by atoms with Crippen molar-refractivity contribution in [1.82, 2.24) is 0 Å². The lowest BCUT2D eigenvalue weighted by atomic mass is 10.1. The van der Waals surface area contributed by atoms with Crippen LogP contribution in [0.2, 0.25) is 0 Å². The summed E-state index contributed by atoms with van der Waals surface area (Å²) in [6, 6.07) is 23.5. The number of hydrogen-bond acceptors (Lipinski definition) is 2. The number of benzene rings is 3. The second kappa shape index (κ2) is 10.2. The molecule has 31 heavy (non-hydrogen) atoms. The zero-order chi connectivity index (χ0) is 22.2. The van der Waals surface area contributed by atoms with Crippen molar-refractivity contribution in [3.05, 3.63) is 120 Å². The molecule has 0 saturated carbocycles. The maximum atomic E-state index is 12.1. The molecule has 0 aliphatic carbocycles. The highest BCUT2D eigenvalue weighted by atomic mass is 16.5. The monoisotopic (exact) mass is 406 g/mol. The Labute approximate surface area is 184 Å². The first kappa shape index (κ1) is 21.8. The first-order valence-electron chi connectivity index (χ1n) is 10.1. The van der Waals surface area contributed by atoms with Crippen LogP contribution in [0.5, 0.6) is 5.75 Å². The lowest BCUT2D eigenvalue weighted by Crippen LogP contribution is -2.03. The van der Waals surface area contributed by atoms with Gasteiger partial charge in [0.25, 0.3) is 0 Å². The summed E-state index contributed by atoms with van der Waals surface area (Å²) >= 11 is 0. The van der Waals surface area contributed by atoms with Gasteiger partial charge in [0.05, 0.1) is 0 Å².